The van der Waals surface area contributed by atoms with Crippen LogP contribution in [0.4, 0.5) is 0 Å². The summed E-state index contributed by atoms with van der Waals surface area (Å²) in [5.74, 6) is -0.0173. The molecule has 5 heteroatoms. The van der Waals surface area contributed by atoms with Crippen LogP contribution in [0.5, 0.6) is 0 Å². The van der Waals surface area contributed by atoms with E-state index in [0.717, 1.165) is 5.69 Å². The maximum atomic E-state index is 12.3. The lowest BCUT2D eigenvalue weighted by Gasteiger charge is -2.21. The van der Waals surface area contributed by atoms with Crippen molar-refractivity contribution in [2.75, 3.05) is 0 Å². The molecule has 1 saturated carbocycles. The molecule has 3 rings (SSSR count). The zero-order valence-electron chi connectivity index (χ0n) is 11.8. The molecule has 2 heterocycles. The van der Waals surface area contributed by atoms with Gasteiger partial charge in [-0.25, -0.2) is 0 Å². The number of carbonyl (C=O) groups excluding carboxylic acids is 1. The first kappa shape index (κ1) is 14.3. The molecule has 1 aliphatic carbocycles. The first-order valence-corrected chi connectivity index (χ1v) is 7.78. The van der Waals surface area contributed by atoms with E-state index in [0.29, 0.717) is 16.6 Å². The zero-order valence-corrected chi connectivity index (χ0v) is 12.6. The molecule has 0 atom stereocenters. The molecule has 110 valence electrons. The predicted octanol–water partition coefficient (Wildman–Crippen LogP) is 3.86. The van der Waals surface area contributed by atoms with Gasteiger partial charge in [-0.05, 0) is 25.0 Å². The van der Waals surface area contributed by atoms with Crippen LogP contribution in [0.3, 0.4) is 0 Å². The van der Waals surface area contributed by atoms with E-state index in [1.165, 1.54) is 38.3 Å². The van der Waals surface area contributed by atoms with Crippen LogP contribution in [0.15, 0.2) is 30.7 Å². The number of hydrogen-bond donors (Lipinski definition) is 0. The van der Waals surface area contributed by atoms with Crippen LogP contribution < -0.4 is 0 Å². The largest absolute Gasteiger partial charge is 0.294 e. The van der Waals surface area contributed by atoms with Gasteiger partial charge in [0.15, 0.2) is 5.78 Å². The third-order valence-electron chi connectivity index (χ3n) is 4.03. The lowest BCUT2D eigenvalue weighted by Crippen LogP contribution is -2.14. The Kier molecular flexibility index (Phi) is 4.34. The van der Waals surface area contributed by atoms with Crippen molar-refractivity contribution in [3.05, 3.63) is 47.0 Å². The van der Waals surface area contributed by atoms with Crippen molar-refractivity contribution in [2.24, 2.45) is 0 Å². The van der Waals surface area contributed by atoms with Crippen LogP contribution in [0.2, 0.25) is 5.02 Å². The smallest absolute Gasteiger partial charge is 0.170 e. The van der Waals surface area contributed by atoms with E-state index in [4.69, 9.17) is 11.6 Å². The molecule has 4 nitrogen and oxygen atoms in total. The second kappa shape index (κ2) is 6.39. The molecule has 0 N–H and O–H groups in total. The van der Waals surface area contributed by atoms with Crippen LogP contribution in [0.1, 0.15) is 54.2 Å². The summed E-state index contributed by atoms with van der Waals surface area (Å²) in [5.41, 5.74) is 1.32. The van der Waals surface area contributed by atoms with Gasteiger partial charge in [-0.15, -0.1) is 0 Å². The Morgan fingerprint density at radius 2 is 2.10 bits per heavy atom. The predicted molar refractivity (Wildman–Crippen MR) is 81.6 cm³/mol. The monoisotopic (exact) mass is 303 g/mol. The van der Waals surface area contributed by atoms with Crippen molar-refractivity contribution >= 4 is 17.4 Å². The Morgan fingerprint density at radius 3 is 2.86 bits per heavy atom. The van der Waals surface area contributed by atoms with E-state index in [-0.39, 0.29) is 12.2 Å². The Bertz CT molecular complexity index is 632. The highest BCUT2D eigenvalue weighted by molar-refractivity contribution is 6.33. The summed E-state index contributed by atoms with van der Waals surface area (Å²) < 4.78 is 2.02. The molecule has 0 spiro atoms. The second-order valence-electron chi connectivity index (χ2n) is 5.53. The molecule has 0 amide bonds. The number of rotatable bonds is 4. The van der Waals surface area contributed by atoms with Gasteiger partial charge in [0, 0.05) is 24.2 Å². The minimum atomic E-state index is -0.0173. The highest BCUT2D eigenvalue weighted by Gasteiger charge is 2.17. The average Bonchev–Trinajstić information content (AvgIpc) is 2.97. The highest BCUT2D eigenvalue weighted by atomic mass is 35.5. The third-order valence-corrected chi connectivity index (χ3v) is 4.33. The third kappa shape index (κ3) is 3.32. The van der Waals surface area contributed by atoms with Crippen molar-refractivity contribution in [1.29, 1.82) is 0 Å². The summed E-state index contributed by atoms with van der Waals surface area (Å²) in [6.45, 7) is 0. The molecular formula is C16H18ClN3O. The summed E-state index contributed by atoms with van der Waals surface area (Å²) in [6.07, 6.45) is 11.6. The summed E-state index contributed by atoms with van der Waals surface area (Å²) in [7, 11) is 0. The summed E-state index contributed by atoms with van der Waals surface area (Å²) in [5, 5.41) is 4.96. The molecule has 0 radical (unpaired) electrons. The number of carbonyl (C=O) groups is 1. The number of ketones is 1. The van der Waals surface area contributed by atoms with E-state index in [1.807, 2.05) is 16.9 Å². The van der Waals surface area contributed by atoms with Crippen molar-refractivity contribution in [2.45, 2.75) is 44.6 Å². The lowest BCUT2D eigenvalue weighted by atomic mass is 9.96. The first-order chi connectivity index (χ1) is 10.2. The maximum Gasteiger partial charge on any atom is 0.170 e. The van der Waals surface area contributed by atoms with E-state index in [2.05, 4.69) is 10.1 Å². The minimum absolute atomic E-state index is 0.0173. The van der Waals surface area contributed by atoms with Gasteiger partial charge in [-0.3, -0.25) is 14.5 Å². The topological polar surface area (TPSA) is 47.8 Å². The van der Waals surface area contributed by atoms with E-state index < -0.39 is 0 Å². The van der Waals surface area contributed by atoms with Gasteiger partial charge in [0.25, 0.3) is 0 Å². The fraction of sp³-hybridized carbons (Fsp3) is 0.438. The Morgan fingerprint density at radius 1 is 1.29 bits per heavy atom. The SMILES string of the molecule is O=C(Cc1ccn(C2CCCCC2)n1)c1ccncc1Cl. The summed E-state index contributed by atoms with van der Waals surface area (Å²) in [4.78, 5) is 16.2. The quantitative estimate of drug-likeness (QED) is 0.806. The van der Waals surface area contributed by atoms with E-state index in [1.54, 1.807) is 12.3 Å². The number of aromatic nitrogens is 3. The number of halogens is 1. The molecule has 0 unspecified atom stereocenters. The van der Waals surface area contributed by atoms with Gasteiger partial charge in [-0.1, -0.05) is 30.9 Å². The standard InChI is InChI=1S/C16H18ClN3O/c17-15-11-18-8-6-14(15)16(21)10-12-7-9-20(19-12)13-4-2-1-3-5-13/h6-9,11,13H,1-5,10H2. The number of pyridine rings is 1. The van der Waals surface area contributed by atoms with Crippen LogP contribution in [0, 0.1) is 0 Å². The molecule has 2 aromatic rings. The first-order valence-electron chi connectivity index (χ1n) is 7.41. The van der Waals surface area contributed by atoms with Gasteiger partial charge in [0.2, 0.25) is 0 Å². The molecule has 2 aromatic heterocycles. The molecule has 0 aliphatic heterocycles. The summed E-state index contributed by atoms with van der Waals surface area (Å²) >= 11 is 6.00. The number of hydrogen-bond acceptors (Lipinski definition) is 3. The van der Waals surface area contributed by atoms with Gasteiger partial charge < -0.3 is 0 Å². The fourth-order valence-corrected chi connectivity index (χ4v) is 3.11. The maximum absolute atomic E-state index is 12.3. The second-order valence-corrected chi connectivity index (χ2v) is 5.94. The van der Waals surface area contributed by atoms with Crippen molar-refractivity contribution in [3.8, 4) is 0 Å². The molecule has 0 aromatic carbocycles. The van der Waals surface area contributed by atoms with Crippen LogP contribution >= 0.6 is 11.6 Å². The molecule has 1 aliphatic rings. The van der Waals surface area contributed by atoms with Gasteiger partial charge in [0.05, 0.1) is 23.2 Å². The van der Waals surface area contributed by atoms with Gasteiger partial charge in [0.1, 0.15) is 0 Å². The zero-order chi connectivity index (χ0) is 14.7. The molecular weight excluding hydrogens is 286 g/mol. The fourth-order valence-electron chi connectivity index (χ4n) is 2.88. The lowest BCUT2D eigenvalue weighted by molar-refractivity contribution is 0.0991. The Hall–Kier alpha value is -1.68. The van der Waals surface area contributed by atoms with E-state index >= 15 is 0 Å². The minimum Gasteiger partial charge on any atom is -0.294 e. The Balaban J connectivity index is 1.69. The van der Waals surface area contributed by atoms with Crippen LogP contribution in [-0.4, -0.2) is 20.5 Å². The number of Topliss-reactive ketones (excluding diaryl/α,β-unsaturated/α-hetero) is 1. The summed E-state index contributed by atoms with van der Waals surface area (Å²) in [6, 6.07) is 4.08. The highest BCUT2D eigenvalue weighted by Crippen LogP contribution is 2.27. The molecule has 21 heavy (non-hydrogen) atoms. The van der Waals surface area contributed by atoms with Crippen LogP contribution in [-0.2, 0) is 6.42 Å². The van der Waals surface area contributed by atoms with Crippen molar-refractivity contribution < 1.29 is 4.79 Å². The molecule has 1 fully saturated rings. The van der Waals surface area contributed by atoms with Gasteiger partial charge >= 0.3 is 0 Å². The number of nitrogens with zero attached hydrogens (tertiary/aromatic N) is 3. The normalized spacial score (nSPS) is 16.0. The van der Waals surface area contributed by atoms with Gasteiger partial charge in [-0.2, -0.15) is 5.10 Å². The molecule has 0 bridgehead atoms. The van der Waals surface area contributed by atoms with E-state index in [9.17, 15) is 4.79 Å². The van der Waals surface area contributed by atoms with Crippen molar-refractivity contribution in [3.63, 3.8) is 0 Å². The average molecular weight is 304 g/mol. The molecule has 0 saturated heterocycles. The van der Waals surface area contributed by atoms with Crippen LogP contribution in [0.25, 0.3) is 0 Å². The van der Waals surface area contributed by atoms with Crippen molar-refractivity contribution in [1.82, 2.24) is 14.8 Å². The Labute approximate surface area is 129 Å².